The van der Waals surface area contributed by atoms with Gasteiger partial charge in [0.15, 0.2) is 5.69 Å². The molecule has 0 bridgehead atoms. The minimum atomic E-state index is -0.209. The van der Waals surface area contributed by atoms with Crippen molar-refractivity contribution >= 4 is 11.7 Å². The van der Waals surface area contributed by atoms with E-state index in [0.717, 1.165) is 56.2 Å². The topological polar surface area (TPSA) is 74.5 Å². The Hall–Kier alpha value is -2.41. The fraction of sp³-hybridized carbons (Fsp3) is 0.500. The molecule has 4 rings (SSSR count). The number of carbonyl (C=O) groups is 1. The zero-order valence-electron chi connectivity index (χ0n) is 14.4. The maximum Gasteiger partial charge on any atom is 0.273 e. The molecule has 132 valence electrons. The molecule has 2 aliphatic rings. The molecule has 0 spiro atoms. The molecular weight excluding hydrogens is 318 g/mol. The highest BCUT2D eigenvalue weighted by molar-refractivity contribution is 5.92. The van der Waals surface area contributed by atoms with E-state index < -0.39 is 0 Å². The van der Waals surface area contributed by atoms with Crippen LogP contribution in [0.25, 0.3) is 0 Å². The minimum Gasteiger partial charge on any atom is -0.360 e. The van der Waals surface area contributed by atoms with E-state index in [4.69, 9.17) is 4.52 Å². The number of hydrogen-bond acceptors (Lipinski definition) is 6. The van der Waals surface area contributed by atoms with Crippen LogP contribution in [-0.4, -0.2) is 54.2 Å². The highest BCUT2D eigenvalue weighted by atomic mass is 16.5. The molecule has 2 aromatic rings. The number of carbonyl (C=O) groups excluding carboxylic acids is 1. The fourth-order valence-corrected chi connectivity index (χ4v) is 2.97. The summed E-state index contributed by atoms with van der Waals surface area (Å²) in [6.45, 7) is 4.53. The van der Waals surface area contributed by atoms with Crippen LogP contribution >= 0.6 is 0 Å². The maximum atomic E-state index is 12.2. The van der Waals surface area contributed by atoms with E-state index in [-0.39, 0.29) is 5.91 Å². The van der Waals surface area contributed by atoms with Crippen LogP contribution < -0.4 is 10.2 Å². The van der Waals surface area contributed by atoms with Gasteiger partial charge in [-0.2, -0.15) is 0 Å². The van der Waals surface area contributed by atoms with E-state index in [0.29, 0.717) is 18.2 Å². The molecule has 0 unspecified atom stereocenters. The molecule has 3 heterocycles. The van der Waals surface area contributed by atoms with Crippen molar-refractivity contribution in [2.75, 3.05) is 38.1 Å². The van der Waals surface area contributed by atoms with Gasteiger partial charge >= 0.3 is 0 Å². The molecule has 7 heteroatoms. The monoisotopic (exact) mass is 341 g/mol. The molecule has 0 aromatic carbocycles. The Morgan fingerprint density at radius 3 is 2.76 bits per heavy atom. The Balaban J connectivity index is 1.30. The van der Waals surface area contributed by atoms with Gasteiger partial charge in [0, 0.05) is 50.9 Å². The highest BCUT2D eigenvalue weighted by Gasteiger charge is 2.28. The molecule has 1 amide bonds. The van der Waals surface area contributed by atoms with Crippen LogP contribution in [-0.2, 0) is 6.54 Å². The van der Waals surface area contributed by atoms with Crippen LogP contribution in [0.5, 0.6) is 0 Å². The zero-order valence-corrected chi connectivity index (χ0v) is 14.4. The molecule has 7 nitrogen and oxygen atoms in total. The van der Waals surface area contributed by atoms with Crippen LogP contribution in [0.3, 0.4) is 0 Å². The number of pyridine rings is 1. The summed E-state index contributed by atoms with van der Waals surface area (Å²) >= 11 is 0. The van der Waals surface area contributed by atoms with Crippen LogP contribution in [0.2, 0.25) is 0 Å². The molecule has 2 aromatic heterocycles. The van der Waals surface area contributed by atoms with Gasteiger partial charge in [-0.05, 0) is 31.5 Å². The van der Waals surface area contributed by atoms with Crippen LogP contribution in [0.1, 0.15) is 40.6 Å². The number of rotatable bonds is 5. The second-order valence-electron chi connectivity index (χ2n) is 6.89. The summed E-state index contributed by atoms with van der Waals surface area (Å²) in [5, 5.41) is 6.73. The Labute approximate surface area is 147 Å². The van der Waals surface area contributed by atoms with Gasteiger partial charge in [-0.15, -0.1) is 0 Å². The summed E-state index contributed by atoms with van der Waals surface area (Å²) in [6, 6.07) is 5.79. The van der Waals surface area contributed by atoms with Gasteiger partial charge in [-0.1, -0.05) is 11.2 Å². The van der Waals surface area contributed by atoms with Gasteiger partial charge in [-0.25, -0.2) is 4.98 Å². The second kappa shape index (κ2) is 6.84. The maximum absolute atomic E-state index is 12.2. The first-order chi connectivity index (χ1) is 12.2. The number of nitrogens with one attached hydrogen (secondary N) is 1. The van der Waals surface area contributed by atoms with Gasteiger partial charge < -0.3 is 19.6 Å². The fourth-order valence-electron chi connectivity index (χ4n) is 2.97. The number of amides is 1. The summed E-state index contributed by atoms with van der Waals surface area (Å²) in [5.41, 5.74) is 1.32. The van der Waals surface area contributed by atoms with Crippen molar-refractivity contribution < 1.29 is 9.32 Å². The van der Waals surface area contributed by atoms with E-state index in [1.807, 2.05) is 18.3 Å². The van der Waals surface area contributed by atoms with Gasteiger partial charge in [0.05, 0.1) is 0 Å². The average Bonchev–Trinajstić information content (AvgIpc) is 3.38. The first kappa shape index (κ1) is 16.1. The van der Waals surface area contributed by atoms with Gasteiger partial charge in [0.25, 0.3) is 5.91 Å². The Morgan fingerprint density at radius 1 is 1.28 bits per heavy atom. The van der Waals surface area contributed by atoms with Crippen molar-refractivity contribution in [1.82, 2.24) is 20.4 Å². The molecule has 25 heavy (non-hydrogen) atoms. The van der Waals surface area contributed by atoms with E-state index in [1.165, 1.54) is 0 Å². The van der Waals surface area contributed by atoms with Crippen molar-refractivity contribution in [3.8, 4) is 0 Å². The first-order valence-corrected chi connectivity index (χ1v) is 8.82. The van der Waals surface area contributed by atoms with Gasteiger partial charge in [0.2, 0.25) is 0 Å². The third-order valence-corrected chi connectivity index (χ3v) is 4.83. The van der Waals surface area contributed by atoms with E-state index in [9.17, 15) is 4.79 Å². The number of piperazine rings is 1. The second-order valence-corrected chi connectivity index (χ2v) is 6.89. The molecular formula is C18H23N5O2. The van der Waals surface area contributed by atoms with Crippen LogP contribution in [0.4, 0.5) is 5.82 Å². The van der Waals surface area contributed by atoms with Gasteiger partial charge in [0.1, 0.15) is 11.6 Å². The predicted octanol–water partition coefficient (Wildman–Crippen LogP) is 1.63. The molecule has 1 aliphatic carbocycles. The lowest BCUT2D eigenvalue weighted by atomic mass is 10.2. The van der Waals surface area contributed by atoms with Crippen molar-refractivity contribution in [2.45, 2.75) is 25.3 Å². The standard InChI is InChI=1S/C18H23N5O2/c1-22-6-8-23(9-7-22)17-5-2-13(11-19-17)12-20-18(24)15-10-16(25-21-15)14-3-4-14/h2,5,10-11,14H,3-4,6-9,12H2,1H3,(H,20,24). The van der Waals surface area contributed by atoms with Crippen LogP contribution in [0.15, 0.2) is 28.9 Å². The Bertz CT molecular complexity index is 730. The molecule has 1 saturated carbocycles. The van der Waals surface area contributed by atoms with E-state index in [1.54, 1.807) is 6.07 Å². The van der Waals surface area contributed by atoms with Gasteiger partial charge in [-0.3, -0.25) is 4.79 Å². The number of anilines is 1. The van der Waals surface area contributed by atoms with E-state index in [2.05, 4.69) is 32.3 Å². The van der Waals surface area contributed by atoms with Crippen molar-refractivity contribution in [3.05, 3.63) is 41.4 Å². The predicted molar refractivity (Wildman–Crippen MR) is 93.6 cm³/mol. The largest absolute Gasteiger partial charge is 0.360 e. The number of hydrogen-bond donors (Lipinski definition) is 1. The Kier molecular flexibility index (Phi) is 4.40. The SMILES string of the molecule is CN1CCN(c2ccc(CNC(=O)c3cc(C4CC4)on3)cn2)CC1. The normalized spacial score (nSPS) is 18.4. The minimum absolute atomic E-state index is 0.209. The molecule has 1 N–H and O–H groups in total. The quantitative estimate of drug-likeness (QED) is 0.891. The number of aromatic nitrogens is 2. The zero-order chi connectivity index (χ0) is 17.2. The lowest BCUT2D eigenvalue weighted by molar-refractivity contribution is 0.0941. The molecule has 0 atom stereocenters. The summed E-state index contributed by atoms with van der Waals surface area (Å²) < 4.78 is 5.22. The van der Waals surface area contributed by atoms with Crippen LogP contribution in [0, 0.1) is 0 Å². The lowest BCUT2D eigenvalue weighted by Crippen LogP contribution is -2.44. The summed E-state index contributed by atoms with van der Waals surface area (Å²) in [7, 11) is 2.14. The smallest absolute Gasteiger partial charge is 0.273 e. The third-order valence-electron chi connectivity index (χ3n) is 4.83. The van der Waals surface area contributed by atoms with Crippen molar-refractivity contribution in [2.24, 2.45) is 0 Å². The molecule has 2 fully saturated rings. The van der Waals surface area contributed by atoms with Crippen molar-refractivity contribution in [3.63, 3.8) is 0 Å². The summed E-state index contributed by atoms with van der Waals surface area (Å²) in [4.78, 5) is 21.3. The number of nitrogens with zero attached hydrogens (tertiary/aromatic N) is 4. The molecule has 0 radical (unpaired) electrons. The third kappa shape index (κ3) is 3.82. The first-order valence-electron chi connectivity index (χ1n) is 8.82. The molecule has 1 aliphatic heterocycles. The summed E-state index contributed by atoms with van der Waals surface area (Å²) in [6.07, 6.45) is 4.08. The highest BCUT2D eigenvalue weighted by Crippen LogP contribution is 2.40. The Morgan fingerprint density at radius 2 is 2.08 bits per heavy atom. The number of likely N-dealkylation sites (N-methyl/N-ethyl adjacent to an activating group) is 1. The summed E-state index contributed by atoms with van der Waals surface area (Å²) in [5.74, 6) is 2.07. The lowest BCUT2D eigenvalue weighted by Gasteiger charge is -2.33. The average molecular weight is 341 g/mol. The van der Waals surface area contributed by atoms with E-state index >= 15 is 0 Å². The van der Waals surface area contributed by atoms with Crippen molar-refractivity contribution in [1.29, 1.82) is 0 Å². The molecule has 1 saturated heterocycles.